The Morgan fingerprint density at radius 1 is 1.25 bits per heavy atom. The van der Waals surface area contributed by atoms with Crippen molar-refractivity contribution in [1.29, 1.82) is 0 Å². The van der Waals surface area contributed by atoms with Gasteiger partial charge in [0.1, 0.15) is 6.54 Å². The molecule has 1 saturated heterocycles. The Morgan fingerprint density at radius 3 is 2.86 bits per heavy atom. The van der Waals surface area contributed by atoms with Gasteiger partial charge in [-0.25, -0.2) is 0 Å². The van der Waals surface area contributed by atoms with E-state index in [1.807, 2.05) is 23.1 Å². The second kappa shape index (κ2) is 8.23. The molecule has 1 aromatic carbocycles. The molecule has 0 spiro atoms. The number of rotatable bonds is 5. The van der Waals surface area contributed by atoms with E-state index in [2.05, 4.69) is 13.8 Å². The summed E-state index contributed by atoms with van der Waals surface area (Å²) in [4.78, 5) is 29.0. The number of carbonyl (C=O) groups is 2. The van der Waals surface area contributed by atoms with E-state index in [4.69, 9.17) is 9.47 Å². The smallest absolute Gasteiger partial charge is 0.282 e. The van der Waals surface area contributed by atoms with Gasteiger partial charge < -0.3 is 19.3 Å². The second-order valence-electron chi connectivity index (χ2n) is 8.08. The molecule has 7 heteroatoms. The van der Waals surface area contributed by atoms with E-state index >= 15 is 0 Å². The van der Waals surface area contributed by atoms with Crippen LogP contribution in [0.25, 0.3) is 0 Å². The van der Waals surface area contributed by atoms with Gasteiger partial charge in [-0.05, 0) is 36.0 Å². The molecule has 1 aromatic rings. The van der Waals surface area contributed by atoms with Crippen molar-refractivity contribution in [3.63, 3.8) is 0 Å². The van der Waals surface area contributed by atoms with E-state index in [-0.39, 0.29) is 30.5 Å². The standard InChI is InChI=1S/C21H28N2O4S/c1-14-4-3-5-17(15(14)2)23(20(24)12-22-8-9-28-21(22)25)11-16-6-7-18-19(10-16)27-13-26-18/h6-7,10,14-15,17H,3-5,8-9,11-13H2,1-2H3/t14-,15+,17+/m1/s1. The molecule has 4 rings (SSSR count). The third-order valence-corrected chi connectivity index (χ3v) is 7.24. The first-order valence-corrected chi connectivity index (χ1v) is 11.1. The van der Waals surface area contributed by atoms with Gasteiger partial charge in [-0.15, -0.1) is 0 Å². The number of benzene rings is 1. The van der Waals surface area contributed by atoms with Crippen LogP contribution in [0.15, 0.2) is 18.2 Å². The molecule has 0 unspecified atom stereocenters. The Labute approximate surface area is 170 Å². The number of hydrogen-bond donors (Lipinski definition) is 0. The van der Waals surface area contributed by atoms with Crippen LogP contribution in [0.5, 0.6) is 11.5 Å². The van der Waals surface area contributed by atoms with Crippen LogP contribution < -0.4 is 9.47 Å². The molecular formula is C21H28N2O4S. The van der Waals surface area contributed by atoms with Gasteiger partial charge in [-0.2, -0.15) is 0 Å². The lowest BCUT2D eigenvalue weighted by molar-refractivity contribution is -0.137. The molecular weight excluding hydrogens is 376 g/mol. The van der Waals surface area contributed by atoms with Gasteiger partial charge in [0.05, 0.1) is 0 Å². The number of hydrogen-bond acceptors (Lipinski definition) is 5. The van der Waals surface area contributed by atoms with Crippen LogP contribution in [0.2, 0.25) is 0 Å². The molecule has 0 bridgehead atoms. The van der Waals surface area contributed by atoms with Gasteiger partial charge in [-0.3, -0.25) is 9.59 Å². The molecule has 2 amide bonds. The molecule has 3 aliphatic rings. The van der Waals surface area contributed by atoms with Crippen molar-refractivity contribution in [1.82, 2.24) is 9.80 Å². The first-order chi connectivity index (χ1) is 13.5. The summed E-state index contributed by atoms with van der Waals surface area (Å²) in [6.45, 7) is 6.14. The van der Waals surface area contributed by atoms with Gasteiger partial charge in [0.15, 0.2) is 11.5 Å². The van der Waals surface area contributed by atoms with Gasteiger partial charge in [0.2, 0.25) is 12.7 Å². The van der Waals surface area contributed by atoms with E-state index in [1.165, 1.54) is 18.2 Å². The Kier molecular flexibility index (Phi) is 5.71. The monoisotopic (exact) mass is 404 g/mol. The molecule has 0 aromatic heterocycles. The van der Waals surface area contributed by atoms with Crippen LogP contribution in [0, 0.1) is 11.8 Å². The lowest BCUT2D eigenvalue weighted by Crippen LogP contribution is -2.50. The fourth-order valence-electron chi connectivity index (χ4n) is 4.44. The fourth-order valence-corrected chi connectivity index (χ4v) is 5.27. The molecule has 1 saturated carbocycles. The minimum atomic E-state index is 0.0152. The molecule has 2 heterocycles. The Morgan fingerprint density at radius 2 is 2.07 bits per heavy atom. The maximum atomic E-state index is 13.3. The molecule has 2 fully saturated rings. The average molecular weight is 405 g/mol. The Balaban J connectivity index is 1.55. The zero-order chi connectivity index (χ0) is 19.7. The second-order valence-corrected chi connectivity index (χ2v) is 9.13. The number of carbonyl (C=O) groups excluding carboxylic acids is 2. The Bertz CT molecular complexity index is 756. The summed E-state index contributed by atoms with van der Waals surface area (Å²) in [5.41, 5.74) is 1.03. The Hall–Kier alpha value is -1.89. The van der Waals surface area contributed by atoms with Crippen molar-refractivity contribution in [2.45, 2.75) is 45.7 Å². The molecule has 1 aliphatic carbocycles. The average Bonchev–Trinajstić information content (AvgIpc) is 3.31. The molecule has 6 nitrogen and oxygen atoms in total. The van der Waals surface area contributed by atoms with Gasteiger partial charge in [0, 0.05) is 24.9 Å². The summed E-state index contributed by atoms with van der Waals surface area (Å²) in [5.74, 6) is 3.33. The number of thioether (sulfide) groups is 1. The number of amides is 2. The van der Waals surface area contributed by atoms with Crippen LogP contribution in [0.4, 0.5) is 4.79 Å². The lowest BCUT2D eigenvalue weighted by Gasteiger charge is -2.42. The van der Waals surface area contributed by atoms with Crippen molar-refractivity contribution in [3.8, 4) is 11.5 Å². The minimum absolute atomic E-state index is 0.0152. The van der Waals surface area contributed by atoms with Crippen molar-refractivity contribution < 1.29 is 19.1 Å². The first-order valence-electron chi connectivity index (χ1n) is 10.1. The highest BCUT2D eigenvalue weighted by molar-refractivity contribution is 8.13. The summed E-state index contributed by atoms with van der Waals surface area (Å²) in [6.07, 6.45) is 3.37. The first kappa shape index (κ1) is 19.4. The summed E-state index contributed by atoms with van der Waals surface area (Å²) in [5, 5.41) is 0.0152. The third kappa shape index (κ3) is 3.95. The van der Waals surface area contributed by atoms with E-state index in [0.29, 0.717) is 24.9 Å². The summed E-state index contributed by atoms with van der Waals surface area (Å²) in [6, 6.07) is 6.08. The van der Waals surface area contributed by atoms with Crippen molar-refractivity contribution in [3.05, 3.63) is 23.8 Å². The summed E-state index contributed by atoms with van der Waals surface area (Å²) >= 11 is 1.30. The maximum Gasteiger partial charge on any atom is 0.282 e. The third-order valence-electron chi connectivity index (χ3n) is 6.35. The van der Waals surface area contributed by atoms with Crippen LogP contribution in [0.1, 0.15) is 38.7 Å². The van der Waals surface area contributed by atoms with Gasteiger partial charge >= 0.3 is 0 Å². The number of nitrogens with zero attached hydrogens (tertiary/aromatic N) is 2. The molecule has 2 aliphatic heterocycles. The predicted molar refractivity (Wildman–Crippen MR) is 109 cm³/mol. The van der Waals surface area contributed by atoms with Crippen LogP contribution in [-0.4, -0.2) is 52.6 Å². The lowest BCUT2D eigenvalue weighted by atomic mass is 9.77. The van der Waals surface area contributed by atoms with Crippen LogP contribution >= 0.6 is 11.8 Å². The highest BCUT2D eigenvalue weighted by Crippen LogP contribution is 2.36. The van der Waals surface area contributed by atoms with Crippen molar-refractivity contribution in [2.24, 2.45) is 11.8 Å². The van der Waals surface area contributed by atoms with Gasteiger partial charge in [0.25, 0.3) is 5.24 Å². The highest BCUT2D eigenvalue weighted by atomic mass is 32.2. The number of fused-ring (bicyclic) bond motifs is 1. The molecule has 28 heavy (non-hydrogen) atoms. The normalized spacial score (nSPS) is 26.6. The fraction of sp³-hybridized carbons (Fsp3) is 0.619. The van der Waals surface area contributed by atoms with E-state index in [9.17, 15) is 9.59 Å². The van der Waals surface area contributed by atoms with Gasteiger partial charge in [-0.1, -0.05) is 44.5 Å². The molecule has 3 atom stereocenters. The SMILES string of the molecule is C[C@H]1[C@H](C)CCC[C@@H]1N(Cc1ccc2c(c1)OCO2)C(=O)CN1CCSC1=O. The van der Waals surface area contributed by atoms with E-state index < -0.39 is 0 Å². The van der Waals surface area contributed by atoms with E-state index in [0.717, 1.165) is 35.7 Å². The maximum absolute atomic E-state index is 13.3. The minimum Gasteiger partial charge on any atom is -0.454 e. The predicted octanol–water partition coefficient (Wildman–Crippen LogP) is 3.74. The van der Waals surface area contributed by atoms with Crippen molar-refractivity contribution >= 4 is 22.9 Å². The number of ether oxygens (including phenoxy) is 2. The molecule has 0 N–H and O–H groups in total. The van der Waals surface area contributed by atoms with Crippen molar-refractivity contribution in [2.75, 3.05) is 25.6 Å². The van der Waals surface area contributed by atoms with E-state index in [1.54, 1.807) is 4.90 Å². The largest absolute Gasteiger partial charge is 0.454 e. The quantitative estimate of drug-likeness (QED) is 0.748. The molecule has 152 valence electrons. The zero-order valence-corrected chi connectivity index (χ0v) is 17.4. The van der Waals surface area contributed by atoms with Crippen LogP contribution in [0.3, 0.4) is 0 Å². The summed E-state index contributed by atoms with van der Waals surface area (Å²) < 4.78 is 10.9. The highest BCUT2D eigenvalue weighted by Gasteiger charge is 2.35. The topological polar surface area (TPSA) is 59.1 Å². The van der Waals surface area contributed by atoms with Crippen LogP contribution in [-0.2, 0) is 11.3 Å². The molecule has 0 radical (unpaired) electrons. The summed E-state index contributed by atoms with van der Waals surface area (Å²) in [7, 11) is 0. The zero-order valence-electron chi connectivity index (χ0n) is 16.6.